The van der Waals surface area contributed by atoms with Gasteiger partial charge in [0.2, 0.25) is 0 Å². The topological polar surface area (TPSA) is 0 Å². The van der Waals surface area contributed by atoms with Gasteiger partial charge in [-0.15, -0.1) is 11.8 Å². The van der Waals surface area contributed by atoms with Gasteiger partial charge in [-0.25, -0.2) is 0 Å². The highest BCUT2D eigenvalue weighted by atomic mass is 32.2. The lowest BCUT2D eigenvalue weighted by Crippen LogP contribution is -2.16. The Bertz CT molecular complexity index is 444. The molecule has 0 aromatic heterocycles. The quantitative estimate of drug-likeness (QED) is 0.668. The van der Waals surface area contributed by atoms with E-state index in [1.807, 2.05) is 11.8 Å². The van der Waals surface area contributed by atoms with Gasteiger partial charge in [-0.1, -0.05) is 47.6 Å². The van der Waals surface area contributed by atoms with Crippen LogP contribution < -0.4 is 0 Å². The molecular weight excluding hydrogens is 236 g/mol. The number of benzene rings is 1. The fourth-order valence-corrected chi connectivity index (χ4v) is 3.88. The van der Waals surface area contributed by atoms with E-state index in [9.17, 15) is 0 Å². The third-order valence-electron chi connectivity index (χ3n) is 3.42. The molecule has 0 atom stereocenters. The number of hydrogen-bond acceptors (Lipinski definition) is 1. The summed E-state index contributed by atoms with van der Waals surface area (Å²) >= 11 is 2.04. The standard InChI is InChI=1S/C17H26S/c1-16(2,3)11-12-9-14(17(4,5)6)13-7-8-18-15(13)10-12/h9-10H,7-8,11H2,1-6H3. The average molecular weight is 262 g/mol. The molecule has 0 spiro atoms. The third kappa shape index (κ3) is 3.12. The SMILES string of the molecule is CC(C)(C)Cc1cc2c(c(C(C)(C)C)c1)CCS2. The Kier molecular flexibility index (Phi) is 3.57. The van der Waals surface area contributed by atoms with Gasteiger partial charge in [0.25, 0.3) is 0 Å². The largest absolute Gasteiger partial charge is 0.126 e. The molecule has 0 amide bonds. The van der Waals surface area contributed by atoms with Crippen molar-refractivity contribution in [3.63, 3.8) is 0 Å². The van der Waals surface area contributed by atoms with Gasteiger partial charge in [0.1, 0.15) is 0 Å². The van der Waals surface area contributed by atoms with Gasteiger partial charge in [0.15, 0.2) is 0 Å². The predicted octanol–water partition coefficient (Wildman–Crippen LogP) is 5.22. The van der Waals surface area contributed by atoms with Crippen LogP contribution in [0, 0.1) is 5.41 Å². The molecule has 1 aliphatic heterocycles. The van der Waals surface area contributed by atoms with Crippen LogP contribution in [0.4, 0.5) is 0 Å². The molecule has 1 aromatic carbocycles. The smallest absolute Gasteiger partial charge is 0.0110 e. The molecule has 1 heteroatoms. The van der Waals surface area contributed by atoms with Gasteiger partial charge in [-0.3, -0.25) is 0 Å². The van der Waals surface area contributed by atoms with Crippen molar-refractivity contribution in [1.29, 1.82) is 0 Å². The van der Waals surface area contributed by atoms with Crippen molar-refractivity contribution in [3.05, 3.63) is 28.8 Å². The average Bonchev–Trinajstić information content (AvgIpc) is 2.59. The fourth-order valence-electron chi connectivity index (χ4n) is 2.74. The summed E-state index contributed by atoms with van der Waals surface area (Å²) in [4.78, 5) is 1.54. The van der Waals surface area contributed by atoms with E-state index in [4.69, 9.17) is 0 Å². The van der Waals surface area contributed by atoms with Crippen LogP contribution in [-0.4, -0.2) is 5.75 Å². The molecule has 1 heterocycles. The van der Waals surface area contributed by atoms with E-state index in [1.165, 1.54) is 24.2 Å². The zero-order valence-electron chi connectivity index (χ0n) is 12.7. The Labute approximate surface area is 117 Å². The first-order valence-electron chi connectivity index (χ1n) is 6.96. The van der Waals surface area contributed by atoms with E-state index < -0.39 is 0 Å². The minimum Gasteiger partial charge on any atom is -0.126 e. The lowest BCUT2D eigenvalue weighted by atomic mass is 9.80. The predicted molar refractivity (Wildman–Crippen MR) is 82.7 cm³/mol. The van der Waals surface area contributed by atoms with E-state index in [-0.39, 0.29) is 5.41 Å². The summed E-state index contributed by atoms with van der Waals surface area (Å²) in [6.07, 6.45) is 2.42. The van der Waals surface area contributed by atoms with Gasteiger partial charge >= 0.3 is 0 Å². The van der Waals surface area contributed by atoms with E-state index >= 15 is 0 Å². The number of hydrogen-bond donors (Lipinski definition) is 0. The number of thioether (sulfide) groups is 1. The van der Waals surface area contributed by atoms with Crippen LogP contribution in [0.1, 0.15) is 58.2 Å². The van der Waals surface area contributed by atoms with Crippen LogP contribution >= 0.6 is 11.8 Å². The lowest BCUT2D eigenvalue weighted by molar-refractivity contribution is 0.410. The van der Waals surface area contributed by atoms with Crippen LogP contribution in [-0.2, 0) is 18.3 Å². The highest BCUT2D eigenvalue weighted by Gasteiger charge is 2.25. The molecule has 18 heavy (non-hydrogen) atoms. The van der Waals surface area contributed by atoms with Crippen LogP contribution in [0.25, 0.3) is 0 Å². The molecule has 1 aromatic rings. The molecule has 0 radical (unpaired) electrons. The maximum atomic E-state index is 2.47. The van der Waals surface area contributed by atoms with Crippen molar-refractivity contribution in [1.82, 2.24) is 0 Å². The van der Waals surface area contributed by atoms with Gasteiger partial charge in [-0.2, -0.15) is 0 Å². The first-order chi connectivity index (χ1) is 8.17. The minimum atomic E-state index is 0.267. The molecule has 0 bridgehead atoms. The second-order valence-electron chi connectivity index (χ2n) is 7.71. The Hall–Kier alpha value is -0.430. The van der Waals surface area contributed by atoms with Crippen LogP contribution in [0.3, 0.4) is 0 Å². The monoisotopic (exact) mass is 262 g/mol. The first kappa shape index (κ1) is 14.0. The Morgan fingerprint density at radius 1 is 1.06 bits per heavy atom. The summed E-state index contributed by atoms with van der Waals surface area (Å²) in [5.41, 5.74) is 5.34. The molecule has 0 N–H and O–H groups in total. The molecule has 0 unspecified atom stereocenters. The Morgan fingerprint density at radius 2 is 1.72 bits per heavy atom. The highest BCUT2D eigenvalue weighted by Crippen LogP contribution is 2.40. The van der Waals surface area contributed by atoms with Crippen LogP contribution in [0.5, 0.6) is 0 Å². The number of rotatable bonds is 1. The van der Waals surface area contributed by atoms with Crippen molar-refractivity contribution in [2.45, 2.75) is 64.7 Å². The lowest BCUT2D eigenvalue weighted by Gasteiger charge is -2.26. The molecule has 100 valence electrons. The zero-order valence-corrected chi connectivity index (χ0v) is 13.5. The van der Waals surface area contributed by atoms with E-state index in [2.05, 4.69) is 53.7 Å². The molecule has 1 aliphatic rings. The molecule has 0 aliphatic carbocycles. The molecule has 0 saturated carbocycles. The Morgan fingerprint density at radius 3 is 2.28 bits per heavy atom. The zero-order chi connectivity index (χ0) is 13.6. The van der Waals surface area contributed by atoms with Gasteiger partial charge in [0, 0.05) is 10.6 Å². The summed E-state index contributed by atoms with van der Waals surface area (Å²) in [6, 6.07) is 4.91. The molecule has 0 saturated heterocycles. The summed E-state index contributed by atoms with van der Waals surface area (Å²) in [5, 5.41) is 0. The van der Waals surface area contributed by atoms with Crippen LogP contribution in [0.2, 0.25) is 0 Å². The molecule has 0 nitrogen and oxygen atoms in total. The van der Waals surface area contributed by atoms with Gasteiger partial charge < -0.3 is 0 Å². The third-order valence-corrected chi connectivity index (χ3v) is 4.50. The van der Waals surface area contributed by atoms with Gasteiger partial charge in [0.05, 0.1) is 0 Å². The second kappa shape index (κ2) is 4.59. The second-order valence-corrected chi connectivity index (χ2v) is 8.84. The maximum absolute atomic E-state index is 2.47. The number of fused-ring (bicyclic) bond motifs is 1. The normalized spacial score (nSPS) is 15.9. The summed E-state index contributed by atoms with van der Waals surface area (Å²) in [7, 11) is 0. The summed E-state index contributed by atoms with van der Waals surface area (Å²) in [6.45, 7) is 14.0. The van der Waals surface area contributed by atoms with Crippen molar-refractivity contribution >= 4 is 11.8 Å². The summed E-state index contributed by atoms with van der Waals surface area (Å²) < 4.78 is 0. The Balaban J connectivity index is 2.46. The molecule has 2 rings (SSSR count). The van der Waals surface area contributed by atoms with Crippen molar-refractivity contribution < 1.29 is 0 Å². The van der Waals surface area contributed by atoms with E-state index in [1.54, 1.807) is 16.0 Å². The van der Waals surface area contributed by atoms with Crippen molar-refractivity contribution in [2.24, 2.45) is 5.41 Å². The van der Waals surface area contributed by atoms with Crippen molar-refractivity contribution in [2.75, 3.05) is 5.75 Å². The molecule has 0 fully saturated rings. The van der Waals surface area contributed by atoms with E-state index in [0.29, 0.717) is 5.41 Å². The van der Waals surface area contributed by atoms with Crippen LogP contribution in [0.15, 0.2) is 17.0 Å². The minimum absolute atomic E-state index is 0.267. The van der Waals surface area contributed by atoms with Gasteiger partial charge in [-0.05, 0) is 46.4 Å². The first-order valence-corrected chi connectivity index (χ1v) is 7.94. The maximum Gasteiger partial charge on any atom is 0.0110 e. The van der Waals surface area contributed by atoms with E-state index in [0.717, 1.165) is 0 Å². The molecular formula is C17H26S. The fraction of sp³-hybridized carbons (Fsp3) is 0.647. The van der Waals surface area contributed by atoms with Crippen molar-refractivity contribution in [3.8, 4) is 0 Å². The summed E-state index contributed by atoms with van der Waals surface area (Å²) in [5.74, 6) is 1.26. The highest BCUT2D eigenvalue weighted by molar-refractivity contribution is 7.99.